The van der Waals surface area contributed by atoms with Crippen LogP contribution in [0.4, 0.5) is 0 Å². The molecular weight excluding hydrogens is 318 g/mol. The van der Waals surface area contributed by atoms with Crippen LogP contribution in [-0.4, -0.2) is 32.6 Å². The second-order valence-corrected chi connectivity index (χ2v) is 5.82. The summed E-state index contributed by atoms with van der Waals surface area (Å²) in [5, 5.41) is 12.0. The molecule has 0 spiro atoms. The van der Waals surface area contributed by atoms with Crippen LogP contribution < -0.4 is 5.32 Å². The normalized spacial score (nSPS) is 12.0. The molecule has 3 rings (SSSR count). The Morgan fingerprint density at radius 3 is 2.56 bits per heavy atom. The van der Waals surface area contributed by atoms with Crippen LogP contribution in [0.15, 0.2) is 60.9 Å². The van der Waals surface area contributed by atoms with Crippen LogP contribution in [0.2, 0.25) is 0 Å². The van der Waals surface area contributed by atoms with E-state index in [4.69, 9.17) is 0 Å². The van der Waals surface area contributed by atoms with Crippen LogP contribution in [-0.2, 0) is 22.6 Å². The highest BCUT2D eigenvalue weighted by Gasteiger charge is 2.20. The number of carboxylic acid groups (broad SMARTS) is 1. The van der Waals surface area contributed by atoms with Gasteiger partial charge in [-0.05, 0) is 17.7 Å². The van der Waals surface area contributed by atoms with Gasteiger partial charge in [-0.25, -0.2) is 9.78 Å². The molecule has 0 radical (unpaired) electrons. The lowest BCUT2D eigenvalue weighted by Gasteiger charge is -2.15. The number of aliphatic carboxylic acids is 1. The third kappa shape index (κ3) is 4.23. The number of imidazole rings is 1. The van der Waals surface area contributed by atoms with Crippen molar-refractivity contribution in [2.24, 2.45) is 0 Å². The van der Waals surface area contributed by atoms with Crippen molar-refractivity contribution in [3.05, 3.63) is 66.5 Å². The van der Waals surface area contributed by atoms with Crippen molar-refractivity contribution in [2.45, 2.75) is 25.4 Å². The third-order valence-electron chi connectivity index (χ3n) is 4.02. The Morgan fingerprint density at radius 1 is 1.08 bits per heavy atom. The smallest absolute Gasteiger partial charge is 0.326 e. The first kappa shape index (κ1) is 16.7. The van der Waals surface area contributed by atoms with E-state index in [2.05, 4.69) is 10.3 Å². The van der Waals surface area contributed by atoms with Gasteiger partial charge >= 0.3 is 5.97 Å². The molecule has 0 aliphatic carbocycles. The van der Waals surface area contributed by atoms with E-state index in [1.807, 2.05) is 59.2 Å². The van der Waals surface area contributed by atoms with Crippen molar-refractivity contribution in [3.8, 4) is 0 Å². The molecule has 6 heteroatoms. The van der Waals surface area contributed by atoms with Crippen LogP contribution in [0.3, 0.4) is 0 Å². The SMILES string of the molecule is O=C(CCn1cnc2ccccc21)N[C@H](Cc1ccccc1)C(=O)O. The highest BCUT2D eigenvalue weighted by atomic mass is 16.4. The van der Waals surface area contributed by atoms with E-state index >= 15 is 0 Å². The topological polar surface area (TPSA) is 84.2 Å². The minimum absolute atomic E-state index is 0.193. The number of aromatic nitrogens is 2. The molecule has 0 bridgehead atoms. The average molecular weight is 337 g/mol. The van der Waals surface area contributed by atoms with E-state index in [9.17, 15) is 14.7 Å². The standard InChI is InChI=1S/C19H19N3O3/c23-18(10-11-22-13-20-15-8-4-5-9-17(15)22)21-16(19(24)25)12-14-6-2-1-3-7-14/h1-9,13,16H,10-12H2,(H,21,23)(H,24,25)/t16-/m1/s1. The molecule has 0 saturated heterocycles. The summed E-state index contributed by atoms with van der Waals surface area (Å²) in [6.07, 6.45) is 2.14. The van der Waals surface area contributed by atoms with E-state index < -0.39 is 12.0 Å². The van der Waals surface area contributed by atoms with Crippen LogP contribution in [0.1, 0.15) is 12.0 Å². The molecule has 1 aromatic heterocycles. The zero-order valence-electron chi connectivity index (χ0n) is 13.6. The first-order chi connectivity index (χ1) is 12.1. The van der Waals surface area contributed by atoms with Gasteiger partial charge in [-0.3, -0.25) is 4.79 Å². The van der Waals surface area contributed by atoms with E-state index in [0.29, 0.717) is 6.54 Å². The van der Waals surface area contributed by atoms with Crippen molar-refractivity contribution in [1.82, 2.24) is 14.9 Å². The second-order valence-electron chi connectivity index (χ2n) is 5.82. The summed E-state index contributed by atoms with van der Waals surface area (Å²) in [7, 11) is 0. The van der Waals surface area contributed by atoms with E-state index in [0.717, 1.165) is 16.6 Å². The van der Waals surface area contributed by atoms with Crippen molar-refractivity contribution in [1.29, 1.82) is 0 Å². The van der Waals surface area contributed by atoms with Crippen LogP contribution in [0.5, 0.6) is 0 Å². The third-order valence-corrected chi connectivity index (χ3v) is 4.02. The summed E-state index contributed by atoms with van der Waals surface area (Å²) < 4.78 is 1.89. The molecule has 1 atom stereocenters. The predicted octanol–water partition coefficient (Wildman–Crippen LogP) is 2.24. The van der Waals surface area contributed by atoms with Gasteiger partial charge < -0.3 is 15.0 Å². The van der Waals surface area contributed by atoms with Gasteiger partial charge in [0.1, 0.15) is 6.04 Å². The van der Waals surface area contributed by atoms with Gasteiger partial charge in [0.25, 0.3) is 0 Å². The fraction of sp³-hybridized carbons (Fsp3) is 0.211. The number of nitrogens with one attached hydrogen (secondary N) is 1. The second kappa shape index (κ2) is 7.61. The van der Waals surface area contributed by atoms with Crippen molar-refractivity contribution < 1.29 is 14.7 Å². The zero-order valence-corrected chi connectivity index (χ0v) is 13.6. The number of aryl methyl sites for hydroxylation is 1. The molecule has 2 N–H and O–H groups in total. The maximum absolute atomic E-state index is 12.2. The summed E-state index contributed by atoms with van der Waals surface area (Å²) >= 11 is 0. The molecule has 1 heterocycles. The lowest BCUT2D eigenvalue weighted by molar-refractivity contribution is -0.141. The lowest BCUT2D eigenvalue weighted by atomic mass is 10.1. The maximum atomic E-state index is 12.2. The number of benzene rings is 2. The largest absolute Gasteiger partial charge is 0.480 e. The number of hydrogen-bond donors (Lipinski definition) is 2. The van der Waals surface area contributed by atoms with E-state index in [1.54, 1.807) is 6.33 Å². The maximum Gasteiger partial charge on any atom is 0.326 e. The molecule has 0 fully saturated rings. The fourth-order valence-corrected chi connectivity index (χ4v) is 2.73. The van der Waals surface area contributed by atoms with Gasteiger partial charge in [-0.15, -0.1) is 0 Å². The van der Waals surface area contributed by atoms with Gasteiger partial charge in [-0.2, -0.15) is 0 Å². The van der Waals surface area contributed by atoms with Gasteiger partial charge in [0.15, 0.2) is 0 Å². The molecule has 25 heavy (non-hydrogen) atoms. The molecule has 6 nitrogen and oxygen atoms in total. The molecule has 2 aromatic carbocycles. The Bertz CT molecular complexity index is 874. The number of amides is 1. The molecule has 1 amide bonds. The number of carboxylic acids is 1. The summed E-state index contributed by atoms with van der Waals surface area (Å²) in [6, 6.07) is 16.0. The molecule has 0 aliphatic heterocycles. The Balaban J connectivity index is 1.59. The Hall–Kier alpha value is -3.15. The molecule has 0 saturated carbocycles. The summed E-state index contributed by atoms with van der Waals surface area (Å²) in [6.45, 7) is 0.448. The van der Waals surface area contributed by atoms with Gasteiger partial charge in [-0.1, -0.05) is 42.5 Å². The monoisotopic (exact) mass is 337 g/mol. The summed E-state index contributed by atoms with van der Waals surface area (Å²) in [5.41, 5.74) is 2.69. The quantitative estimate of drug-likeness (QED) is 0.692. The predicted molar refractivity (Wildman–Crippen MR) is 94.1 cm³/mol. The lowest BCUT2D eigenvalue weighted by Crippen LogP contribution is -2.42. The molecule has 0 aliphatic rings. The highest BCUT2D eigenvalue weighted by molar-refractivity contribution is 5.84. The van der Waals surface area contributed by atoms with Gasteiger partial charge in [0.2, 0.25) is 5.91 Å². The number of hydrogen-bond acceptors (Lipinski definition) is 3. The number of para-hydroxylation sites is 2. The minimum Gasteiger partial charge on any atom is -0.480 e. The van der Waals surface area contributed by atoms with Crippen molar-refractivity contribution in [3.63, 3.8) is 0 Å². The average Bonchev–Trinajstić information content (AvgIpc) is 3.03. The molecule has 0 unspecified atom stereocenters. The van der Waals surface area contributed by atoms with E-state index in [-0.39, 0.29) is 18.7 Å². The minimum atomic E-state index is -1.04. The molecular formula is C19H19N3O3. The first-order valence-corrected chi connectivity index (χ1v) is 8.09. The van der Waals surface area contributed by atoms with Gasteiger partial charge in [0.05, 0.1) is 17.4 Å². The molecule has 128 valence electrons. The van der Waals surface area contributed by atoms with Crippen molar-refractivity contribution in [2.75, 3.05) is 0 Å². The summed E-state index contributed by atoms with van der Waals surface area (Å²) in [4.78, 5) is 27.9. The van der Waals surface area contributed by atoms with E-state index in [1.165, 1.54) is 0 Å². The molecule has 3 aromatic rings. The number of carbonyl (C=O) groups is 2. The Morgan fingerprint density at radius 2 is 1.80 bits per heavy atom. The van der Waals surface area contributed by atoms with Crippen molar-refractivity contribution >= 4 is 22.9 Å². The fourth-order valence-electron chi connectivity index (χ4n) is 2.73. The number of carbonyl (C=O) groups excluding carboxylic acids is 1. The van der Waals surface area contributed by atoms with Crippen LogP contribution >= 0.6 is 0 Å². The van der Waals surface area contributed by atoms with Crippen LogP contribution in [0, 0.1) is 0 Å². The number of nitrogens with zero attached hydrogens (tertiary/aromatic N) is 2. The summed E-state index contributed by atoms with van der Waals surface area (Å²) in [5.74, 6) is -1.33. The Kier molecular flexibility index (Phi) is 5.09. The van der Waals surface area contributed by atoms with Crippen LogP contribution in [0.25, 0.3) is 11.0 Å². The Labute approximate surface area is 145 Å². The number of rotatable bonds is 7. The van der Waals surface area contributed by atoms with Gasteiger partial charge in [0, 0.05) is 19.4 Å². The highest BCUT2D eigenvalue weighted by Crippen LogP contribution is 2.12. The zero-order chi connectivity index (χ0) is 17.6. The number of fused-ring (bicyclic) bond motifs is 1. The first-order valence-electron chi connectivity index (χ1n) is 8.09.